The Morgan fingerprint density at radius 3 is 2.07 bits per heavy atom. The molecule has 0 aliphatic carbocycles. The van der Waals surface area contributed by atoms with Gasteiger partial charge in [0.15, 0.2) is 5.78 Å². The highest BCUT2D eigenvalue weighted by molar-refractivity contribution is 6.02. The van der Waals surface area contributed by atoms with Gasteiger partial charge in [0.2, 0.25) is 11.8 Å². The van der Waals surface area contributed by atoms with Crippen LogP contribution in [0.15, 0.2) is 84.9 Å². The van der Waals surface area contributed by atoms with Gasteiger partial charge in [0.05, 0.1) is 23.6 Å². The van der Waals surface area contributed by atoms with Gasteiger partial charge < -0.3 is 15.1 Å². The highest BCUT2D eigenvalue weighted by Crippen LogP contribution is 2.52. The summed E-state index contributed by atoms with van der Waals surface area (Å²) in [5.41, 5.74) is 2.63. The normalized spacial score (nSPS) is 22.4. The molecule has 41 heavy (non-hydrogen) atoms. The Balaban J connectivity index is 1.75. The molecule has 7 nitrogen and oxygen atoms in total. The van der Waals surface area contributed by atoms with Crippen molar-refractivity contribution in [1.29, 1.82) is 5.26 Å². The molecule has 0 radical (unpaired) electrons. The molecule has 4 atom stereocenters. The number of piperazine rings is 1. The number of nitriles is 1. The van der Waals surface area contributed by atoms with Crippen LogP contribution in [-0.2, 0) is 9.59 Å². The second-order valence-electron chi connectivity index (χ2n) is 11.3. The van der Waals surface area contributed by atoms with Gasteiger partial charge in [-0.1, -0.05) is 86.6 Å². The number of amides is 2. The molecular formula is C34H36N4O3. The van der Waals surface area contributed by atoms with Crippen LogP contribution < -0.4 is 5.32 Å². The largest absolute Gasteiger partial charge is 0.338 e. The molecule has 4 unspecified atom stereocenters. The zero-order chi connectivity index (χ0) is 28.9. The lowest BCUT2D eigenvalue weighted by Crippen LogP contribution is -2.55. The number of carbonyl (C=O) groups excluding carboxylic acids is 3. The molecular weight excluding hydrogens is 512 g/mol. The second-order valence-corrected chi connectivity index (χ2v) is 11.3. The van der Waals surface area contributed by atoms with Crippen molar-refractivity contribution in [3.05, 3.63) is 107 Å². The first kappa shape index (κ1) is 28.3. The van der Waals surface area contributed by atoms with E-state index in [1.54, 1.807) is 29.2 Å². The maximum Gasteiger partial charge on any atom is 0.246 e. The molecule has 2 aliphatic rings. The molecule has 2 aliphatic heterocycles. The maximum atomic E-state index is 14.5. The highest BCUT2D eigenvalue weighted by Gasteiger charge is 2.57. The van der Waals surface area contributed by atoms with Crippen LogP contribution in [0.4, 0.5) is 0 Å². The van der Waals surface area contributed by atoms with E-state index in [0.717, 1.165) is 11.1 Å². The van der Waals surface area contributed by atoms with E-state index in [9.17, 15) is 19.6 Å². The summed E-state index contributed by atoms with van der Waals surface area (Å²) < 4.78 is 0. The van der Waals surface area contributed by atoms with E-state index in [1.165, 1.54) is 0 Å². The van der Waals surface area contributed by atoms with Crippen molar-refractivity contribution < 1.29 is 14.4 Å². The number of carbonyl (C=O) groups is 3. The maximum absolute atomic E-state index is 14.5. The summed E-state index contributed by atoms with van der Waals surface area (Å²) in [4.78, 5) is 46.8. The van der Waals surface area contributed by atoms with Crippen molar-refractivity contribution in [2.75, 3.05) is 26.2 Å². The van der Waals surface area contributed by atoms with Crippen molar-refractivity contribution in [3.8, 4) is 6.07 Å². The number of likely N-dealkylation sites (tertiary alicyclic amines) is 1. The summed E-state index contributed by atoms with van der Waals surface area (Å²) in [6, 6.07) is 26.5. The molecule has 2 heterocycles. The molecule has 2 amide bonds. The number of nitrogens with zero attached hydrogens (tertiary/aromatic N) is 3. The molecule has 0 bridgehead atoms. The van der Waals surface area contributed by atoms with Gasteiger partial charge in [-0.05, 0) is 29.2 Å². The smallest absolute Gasteiger partial charge is 0.246 e. The standard InChI is InChI=1S/C34H36N4O3/c1-23(2)21-28(39)38-31(26-15-13-24(22-35)14-16-26)30(33(40)27-11-7-4-8-12-27)29(25-9-5-3-6-10-25)32(38)34(41)37-19-17-36-18-20-37/h3-16,23,29-32,36H,17-21H2,1-2H3. The average Bonchev–Trinajstić information content (AvgIpc) is 3.37. The van der Waals surface area contributed by atoms with Crippen LogP contribution in [0.3, 0.4) is 0 Å². The lowest BCUT2D eigenvalue weighted by molar-refractivity contribution is -0.146. The van der Waals surface area contributed by atoms with Crippen LogP contribution in [0, 0.1) is 23.2 Å². The third kappa shape index (κ3) is 5.79. The number of hydrogen-bond donors (Lipinski definition) is 1. The molecule has 5 rings (SSSR count). The number of hydrogen-bond acceptors (Lipinski definition) is 5. The minimum atomic E-state index is -0.847. The van der Waals surface area contributed by atoms with Crippen LogP contribution in [0.5, 0.6) is 0 Å². The molecule has 1 N–H and O–H groups in total. The monoisotopic (exact) mass is 548 g/mol. The zero-order valence-electron chi connectivity index (χ0n) is 23.6. The molecule has 2 fully saturated rings. The molecule has 0 saturated carbocycles. The SMILES string of the molecule is CC(C)CC(=O)N1C(C(=O)N2CCNCC2)C(c2ccccc2)C(C(=O)c2ccccc2)C1c1ccc(C#N)cc1. The van der Waals surface area contributed by atoms with Gasteiger partial charge in [-0.3, -0.25) is 14.4 Å². The molecule has 3 aromatic carbocycles. The van der Waals surface area contributed by atoms with Crippen molar-refractivity contribution in [3.63, 3.8) is 0 Å². The molecule has 210 valence electrons. The van der Waals surface area contributed by atoms with Gasteiger partial charge in [0.25, 0.3) is 0 Å². The summed E-state index contributed by atoms with van der Waals surface area (Å²) in [5.74, 6) is -1.57. The van der Waals surface area contributed by atoms with E-state index in [4.69, 9.17) is 0 Å². The summed E-state index contributed by atoms with van der Waals surface area (Å²) in [6.07, 6.45) is 0.256. The predicted molar refractivity (Wildman–Crippen MR) is 157 cm³/mol. The van der Waals surface area contributed by atoms with Gasteiger partial charge in [-0.2, -0.15) is 5.26 Å². The fourth-order valence-electron chi connectivity index (χ4n) is 6.31. The first-order valence-electron chi connectivity index (χ1n) is 14.4. The van der Waals surface area contributed by atoms with E-state index < -0.39 is 23.9 Å². The summed E-state index contributed by atoms with van der Waals surface area (Å²) in [6.45, 7) is 6.42. The van der Waals surface area contributed by atoms with Crippen LogP contribution in [0.1, 0.15) is 59.3 Å². The van der Waals surface area contributed by atoms with E-state index >= 15 is 0 Å². The summed E-state index contributed by atoms with van der Waals surface area (Å²) in [5, 5.41) is 12.8. The number of Topliss-reactive ketones (excluding diaryl/α,β-unsaturated/α-hetero) is 1. The quantitative estimate of drug-likeness (QED) is 0.437. The molecule has 0 spiro atoms. The number of ketones is 1. The van der Waals surface area contributed by atoms with E-state index in [1.807, 2.05) is 79.4 Å². The van der Waals surface area contributed by atoms with Gasteiger partial charge >= 0.3 is 0 Å². The highest BCUT2D eigenvalue weighted by atomic mass is 16.2. The molecule has 0 aromatic heterocycles. The van der Waals surface area contributed by atoms with Gasteiger partial charge in [0.1, 0.15) is 6.04 Å². The summed E-state index contributed by atoms with van der Waals surface area (Å²) >= 11 is 0. The minimum Gasteiger partial charge on any atom is -0.338 e. The van der Waals surface area contributed by atoms with Crippen LogP contribution in [0.2, 0.25) is 0 Å². The zero-order valence-corrected chi connectivity index (χ0v) is 23.6. The van der Waals surface area contributed by atoms with Crippen LogP contribution in [0.25, 0.3) is 0 Å². The number of benzene rings is 3. The fraction of sp³-hybridized carbons (Fsp3) is 0.353. The minimum absolute atomic E-state index is 0.0677. The first-order valence-corrected chi connectivity index (χ1v) is 14.4. The molecule has 7 heteroatoms. The lowest BCUT2D eigenvalue weighted by atomic mass is 9.76. The average molecular weight is 549 g/mol. The molecule has 3 aromatic rings. The van der Waals surface area contributed by atoms with E-state index in [0.29, 0.717) is 37.3 Å². The van der Waals surface area contributed by atoms with Crippen molar-refractivity contribution in [2.24, 2.45) is 11.8 Å². The predicted octanol–water partition coefficient (Wildman–Crippen LogP) is 4.57. The van der Waals surface area contributed by atoms with Crippen LogP contribution in [-0.4, -0.2) is 59.6 Å². The van der Waals surface area contributed by atoms with Gasteiger partial charge in [-0.25, -0.2) is 0 Å². The van der Waals surface area contributed by atoms with Crippen molar-refractivity contribution in [2.45, 2.75) is 38.3 Å². The van der Waals surface area contributed by atoms with E-state index in [2.05, 4.69) is 11.4 Å². The van der Waals surface area contributed by atoms with Gasteiger partial charge in [-0.15, -0.1) is 0 Å². The molecule has 2 saturated heterocycles. The van der Waals surface area contributed by atoms with Crippen molar-refractivity contribution >= 4 is 17.6 Å². The topological polar surface area (TPSA) is 93.5 Å². The van der Waals surface area contributed by atoms with Crippen molar-refractivity contribution in [1.82, 2.24) is 15.1 Å². The third-order valence-electron chi connectivity index (χ3n) is 8.15. The Labute approximate surface area is 241 Å². The Morgan fingerprint density at radius 1 is 0.878 bits per heavy atom. The van der Waals surface area contributed by atoms with Crippen LogP contribution >= 0.6 is 0 Å². The van der Waals surface area contributed by atoms with Gasteiger partial charge in [0, 0.05) is 44.1 Å². The Kier molecular flexibility index (Phi) is 8.61. The summed E-state index contributed by atoms with van der Waals surface area (Å²) in [7, 11) is 0. The number of nitrogens with one attached hydrogen (secondary N) is 1. The number of rotatable bonds is 7. The Hall–Kier alpha value is -4.28. The lowest BCUT2D eigenvalue weighted by Gasteiger charge is -2.36. The van der Waals surface area contributed by atoms with E-state index in [-0.39, 0.29) is 29.9 Å². The third-order valence-corrected chi connectivity index (χ3v) is 8.15. The second kappa shape index (κ2) is 12.5. The Bertz CT molecular complexity index is 1410. The fourth-order valence-corrected chi connectivity index (χ4v) is 6.31. The Morgan fingerprint density at radius 2 is 1.49 bits per heavy atom. The first-order chi connectivity index (χ1) is 19.9.